The van der Waals surface area contributed by atoms with Crippen LogP contribution in [-0.2, 0) is 38.6 Å². The summed E-state index contributed by atoms with van der Waals surface area (Å²) in [7, 11) is 0. The molecule has 0 bridgehead atoms. The summed E-state index contributed by atoms with van der Waals surface area (Å²) in [6.45, 7) is 4.24. The maximum Gasteiger partial charge on any atom is 0.437 e. The first kappa shape index (κ1) is 30.6. The molecule has 5 rings (SSSR count). The molecule has 0 spiro atoms. The second-order valence-corrected chi connectivity index (χ2v) is 11.5. The molecule has 3 aromatic rings. The second-order valence-electron chi connectivity index (χ2n) is 9.62. The van der Waals surface area contributed by atoms with Crippen molar-refractivity contribution < 1.29 is 33.7 Å². The number of fused-ring (bicyclic) bond motifs is 1. The highest BCUT2D eigenvalue weighted by atomic mass is 32.2. The van der Waals surface area contributed by atoms with E-state index in [2.05, 4.69) is 30.1 Å². The van der Waals surface area contributed by atoms with E-state index in [9.17, 15) is 24.3 Å². The van der Waals surface area contributed by atoms with Gasteiger partial charge in [0.05, 0.1) is 0 Å². The van der Waals surface area contributed by atoms with Gasteiger partial charge in [0, 0.05) is 28.5 Å². The average molecular weight is 639 g/mol. The average Bonchev–Trinajstić information content (AvgIpc) is 3.45. The number of nitrogens with two attached hydrogens (primary N) is 1. The van der Waals surface area contributed by atoms with Crippen LogP contribution in [0.5, 0.6) is 0 Å². The van der Waals surface area contributed by atoms with E-state index in [0.717, 1.165) is 35.8 Å². The van der Waals surface area contributed by atoms with E-state index in [1.54, 1.807) is 30.3 Å². The molecular weight excluding hydrogens is 610 g/mol. The lowest BCUT2D eigenvalue weighted by molar-refractivity contribution is -0.690. The maximum absolute atomic E-state index is 13.3. The Labute approximate surface area is 259 Å². The Hall–Kier alpha value is -4.90. The molecule has 15 nitrogen and oxygen atoms in total. The van der Waals surface area contributed by atoms with Gasteiger partial charge in [0.2, 0.25) is 11.5 Å². The maximum atomic E-state index is 13.3. The van der Waals surface area contributed by atoms with Crippen molar-refractivity contribution in [3.05, 3.63) is 71.2 Å². The van der Waals surface area contributed by atoms with E-state index in [4.69, 9.17) is 10.6 Å². The number of carboxylic acid groups (broad SMARTS) is 1. The summed E-state index contributed by atoms with van der Waals surface area (Å²) in [5.74, 6) is -2.66. The van der Waals surface area contributed by atoms with Crippen LogP contribution in [0.2, 0.25) is 0 Å². The fourth-order valence-corrected chi connectivity index (χ4v) is 6.36. The van der Waals surface area contributed by atoms with Gasteiger partial charge < -0.3 is 16.2 Å². The van der Waals surface area contributed by atoms with Gasteiger partial charge in [0.15, 0.2) is 24.1 Å². The first-order valence-electron chi connectivity index (χ1n) is 13.5. The molecule has 1 fully saturated rings. The standard InChI is InChI=1S/C27H27N9O6S2/c1-3-15-11-35(12-16(4-2)29-15)10-14-13-43-24-19(23(38)36(24)20(14)25(39)40)31-22(37)18(21-32-26(28)44-34-21)33-42-27(41)30-17-8-6-5-7-9-17/h5-9,11-12,19,24H,3-4,10,13H2,1-2H3,(H4-,28,30,31,32,34,37,39,40,41)/p+1/b33-18-/t19?,24-/m1/s1. The molecule has 228 valence electrons. The van der Waals surface area contributed by atoms with Gasteiger partial charge in [-0.1, -0.05) is 37.2 Å². The van der Waals surface area contributed by atoms with Gasteiger partial charge in [-0.15, -0.1) is 11.8 Å². The van der Waals surface area contributed by atoms with Gasteiger partial charge in [-0.2, -0.15) is 13.9 Å². The van der Waals surface area contributed by atoms with Crippen molar-refractivity contribution in [2.24, 2.45) is 5.16 Å². The van der Waals surface area contributed by atoms with Crippen LogP contribution in [0.15, 0.2) is 59.2 Å². The SMILES string of the molecule is CCc1c[n+](CC2=C(C(=O)O)N3C(=O)C(NC(=O)/C(=N\OC(=O)Nc4ccccc4)c4nsc(N)n4)[C@H]3SC2)cc(CC)n1. The molecule has 0 aliphatic carbocycles. The highest BCUT2D eigenvalue weighted by Crippen LogP contribution is 2.40. The van der Waals surface area contributed by atoms with Crippen molar-refractivity contribution >= 4 is 63.7 Å². The van der Waals surface area contributed by atoms with Crippen molar-refractivity contribution in [3.8, 4) is 0 Å². The number of aryl methyl sites for hydroxylation is 2. The van der Waals surface area contributed by atoms with Crippen molar-refractivity contribution in [2.75, 3.05) is 16.8 Å². The molecule has 5 N–H and O–H groups in total. The van der Waals surface area contributed by atoms with Gasteiger partial charge in [0.1, 0.15) is 28.5 Å². The number of rotatable bonds is 10. The van der Waals surface area contributed by atoms with E-state index < -0.39 is 41.0 Å². The number of hydrogen-bond donors (Lipinski definition) is 4. The highest BCUT2D eigenvalue weighted by molar-refractivity contribution is 8.00. The van der Waals surface area contributed by atoms with Crippen LogP contribution in [0.1, 0.15) is 31.1 Å². The molecule has 1 saturated heterocycles. The molecule has 3 amide bonds. The fraction of sp³-hybridized carbons (Fsp3) is 0.296. The number of carboxylic acids is 1. The van der Waals surface area contributed by atoms with Crippen molar-refractivity contribution in [3.63, 3.8) is 0 Å². The number of oxime groups is 1. The highest BCUT2D eigenvalue weighted by Gasteiger charge is 2.55. The summed E-state index contributed by atoms with van der Waals surface area (Å²) >= 11 is 2.12. The minimum Gasteiger partial charge on any atom is -0.477 e. The zero-order valence-electron chi connectivity index (χ0n) is 23.6. The molecule has 1 aromatic carbocycles. The van der Waals surface area contributed by atoms with Crippen LogP contribution in [0.4, 0.5) is 15.6 Å². The van der Waals surface area contributed by atoms with Gasteiger partial charge in [0.25, 0.3) is 11.8 Å². The van der Waals surface area contributed by atoms with E-state index in [1.165, 1.54) is 16.7 Å². The van der Waals surface area contributed by atoms with Crippen molar-refractivity contribution in [1.82, 2.24) is 24.6 Å². The van der Waals surface area contributed by atoms with Crippen LogP contribution in [0, 0.1) is 0 Å². The number of aliphatic carboxylic acids is 1. The molecule has 0 radical (unpaired) electrons. The fourth-order valence-electron chi connectivity index (χ4n) is 4.59. The molecular formula is C27H28N9O6S2+. The number of nitrogens with one attached hydrogen (secondary N) is 2. The number of anilines is 2. The van der Waals surface area contributed by atoms with Crippen LogP contribution in [0.25, 0.3) is 0 Å². The molecule has 2 aliphatic rings. The summed E-state index contributed by atoms with van der Waals surface area (Å²) in [5.41, 5.74) is 7.81. The lowest BCUT2D eigenvalue weighted by Crippen LogP contribution is -2.71. The lowest BCUT2D eigenvalue weighted by Gasteiger charge is -2.49. The molecule has 0 saturated carbocycles. The summed E-state index contributed by atoms with van der Waals surface area (Å²) in [6.07, 6.45) is 4.19. The van der Waals surface area contributed by atoms with Crippen molar-refractivity contribution in [1.29, 1.82) is 0 Å². The van der Waals surface area contributed by atoms with Gasteiger partial charge in [-0.3, -0.25) is 24.6 Å². The van der Waals surface area contributed by atoms with Gasteiger partial charge >= 0.3 is 12.1 Å². The number of carbonyl (C=O) groups is 4. The molecule has 2 aromatic heterocycles. The predicted molar refractivity (Wildman–Crippen MR) is 160 cm³/mol. The number of benzene rings is 1. The first-order valence-corrected chi connectivity index (χ1v) is 15.3. The number of β-lactam (4-membered cyclic amide) rings is 1. The third kappa shape index (κ3) is 6.52. The van der Waals surface area contributed by atoms with Crippen LogP contribution in [0.3, 0.4) is 0 Å². The van der Waals surface area contributed by atoms with E-state index in [-0.39, 0.29) is 23.2 Å². The predicted octanol–water partition coefficient (Wildman–Crippen LogP) is 1.32. The zero-order chi connectivity index (χ0) is 31.4. The third-order valence-corrected chi connectivity index (χ3v) is 8.54. The number of aromatic nitrogens is 4. The molecule has 2 atom stereocenters. The topological polar surface area (TPSA) is 206 Å². The minimum atomic E-state index is -1.24. The Balaban J connectivity index is 1.33. The Bertz CT molecular complexity index is 1650. The van der Waals surface area contributed by atoms with E-state index >= 15 is 0 Å². The number of amides is 3. The van der Waals surface area contributed by atoms with E-state index in [0.29, 0.717) is 17.0 Å². The number of para-hydroxylation sites is 1. The zero-order valence-corrected chi connectivity index (χ0v) is 25.2. The summed E-state index contributed by atoms with van der Waals surface area (Å²) in [4.78, 5) is 65.8. The third-order valence-electron chi connectivity index (χ3n) is 6.66. The molecule has 2 aliphatic heterocycles. The van der Waals surface area contributed by atoms with Crippen LogP contribution >= 0.6 is 23.3 Å². The van der Waals surface area contributed by atoms with Crippen LogP contribution < -0.4 is 20.9 Å². The monoisotopic (exact) mass is 638 g/mol. The van der Waals surface area contributed by atoms with Gasteiger partial charge in [-0.25, -0.2) is 14.6 Å². The minimum absolute atomic E-state index is 0.0379. The smallest absolute Gasteiger partial charge is 0.437 e. The largest absolute Gasteiger partial charge is 0.477 e. The molecule has 1 unspecified atom stereocenters. The number of thioether (sulfide) groups is 1. The summed E-state index contributed by atoms with van der Waals surface area (Å²) < 4.78 is 5.86. The Kier molecular flexibility index (Phi) is 9.15. The Morgan fingerprint density at radius 1 is 1.16 bits per heavy atom. The number of carbonyl (C=O) groups excluding carboxylic acids is 3. The second kappa shape index (κ2) is 13.2. The normalized spacial score (nSPS) is 17.9. The lowest BCUT2D eigenvalue weighted by atomic mass is 10.0. The molecule has 17 heteroatoms. The molecule has 4 heterocycles. The Morgan fingerprint density at radius 2 is 1.86 bits per heavy atom. The summed E-state index contributed by atoms with van der Waals surface area (Å²) in [5, 5.41) is 18.1. The summed E-state index contributed by atoms with van der Waals surface area (Å²) in [6, 6.07) is 7.36. The van der Waals surface area contributed by atoms with Crippen molar-refractivity contribution in [2.45, 2.75) is 44.6 Å². The number of hydrogen-bond acceptors (Lipinski definition) is 12. The first-order chi connectivity index (χ1) is 21.2. The number of nitrogen functional groups attached to an aromatic ring is 1. The molecule has 44 heavy (non-hydrogen) atoms. The van der Waals surface area contributed by atoms with Gasteiger partial charge in [-0.05, 0) is 25.0 Å². The van der Waals surface area contributed by atoms with E-state index in [1.807, 2.05) is 30.8 Å². The quantitative estimate of drug-likeness (QED) is 0.0819. The Morgan fingerprint density at radius 3 is 2.48 bits per heavy atom. The number of nitrogens with zero attached hydrogens (tertiary/aromatic N) is 6. The van der Waals surface area contributed by atoms with Crippen LogP contribution in [-0.4, -0.2) is 71.1 Å².